The average molecular weight is 657 g/mol. The van der Waals surface area contributed by atoms with Gasteiger partial charge in [0.1, 0.15) is 10.6 Å². The van der Waals surface area contributed by atoms with E-state index in [-0.39, 0.29) is 62.7 Å². The number of aromatic nitrogens is 4. The third kappa shape index (κ3) is 14.2. The topological polar surface area (TPSA) is 124 Å². The van der Waals surface area contributed by atoms with Crippen molar-refractivity contribution in [2.24, 2.45) is 0 Å². The van der Waals surface area contributed by atoms with Gasteiger partial charge in [0.2, 0.25) is 5.16 Å². The molecule has 0 fully saturated rings. The Bertz CT molecular complexity index is 1320. The molecule has 1 aromatic heterocycles. The Labute approximate surface area is 303 Å². The van der Waals surface area contributed by atoms with E-state index in [0.717, 1.165) is 36.7 Å². The maximum atomic E-state index is 13.0. The van der Waals surface area contributed by atoms with Gasteiger partial charge in [-0.15, -0.1) is 5.10 Å². The molecule has 1 heterocycles. The molecule has 0 saturated carbocycles. The SMILES string of the molecule is CCCCCCCCCCCCCCCCOc1ccc(C(=O)CSc2nnnn2-c2ccccc2)c(S(=O)(=O)O)c1.[KH]. The third-order valence-corrected chi connectivity index (χ3v) is 8.88. The van der Waals surface area contributed by atoms with E-state index in [1.54, 1.807) is 6.07 Å². The molecular formula is C31H45KN4O5S2. The van der Waals surface area contributed by atoms with E-state index in [0.29, 0.717) is 17.5 Å². The number of benzene rings is 2. The van der Waals surface area contributed by atoms with Gasteiger partial charge in [-0.25, -0.2) is 0 Å². The van der Waals surface area contributed by atoms with E-state index in [4.69, 9.17) is 4.74 Å². The molecule has 1 N–H and O–H groups in total. The number of hydrogen-bond donors (Lipinski definition) is 1. The molecule has 2 aromatic carbocycles. The first-order chi connectivity index (χ1) is 20.4. The molecule has 0 unspecified atom stereocenters. The van der Waals surface area contributed by atoms with Crippen molar-refractivity contribution in [3.05, 3.63) is 54.1 Å². The first-order valence-electron chi connectivity index (χ1n) is 15.1. The van der Waals surface area contributed by atoms with Crippen molar-refractivity contribution >= 4 is 79.0 Å². The average Bonchev–Trinajstić information content (AvgIpc) is 3.46. The van der Waals surface area contributed by atoms with Crippen LogP contribution in [0.1, 0.15) is 107 Å². The van der Waals surface area contributed by atoms with Crippen molar-refractivity contribution in [3.8, 4) is 11.4 Å². The summed E-state index contributed by atoms with van der Waals surface area (Å²) in [5, 5.41) is 12.0. The van der Waals surface area contributed by atoms with Crippen molar-refractivity contribution < 1.29 is 22.5 Å². The molecule has 3 rings (SSSR count). The van der Waals surface area contributed by atoms with E-state index in [9.17, 15) is 17.8 Å². The first-order valence-corrected chi connectivity index (χ1v) is 17.6. The molecule has 0 amide bonds. The Balaban J connectivity index is 0.00000645. The summed E-state index contributed by atoms with van der Waals surface area (Å²) >= 11 is 1.08. The summed E-state index contributed by atoms with van der Waals surface area (Å²) in [6.45, 7) is 2.69. The van der Waals surface area contributed by atoms with Crippen LogP contribution in [0.2, 0.25) is 0 Å². The molecule has 0 atom stereocenters. The first kappa shape index (κ1) is 38.1. The number of Topliss-reactive ketones (excluding diaryl/α,β-unsaturated/α-hetero) is 1. The van der Waals surface area contributed by atoms with Crippen molar-refractivity contribution in [3.63, 3.8) is 0 Å². The molecule has 0 aliphatic heterocycles. The molecule has 0 aliphatic carbocycles. The molecule has 0 radical (unpaired) electrons. The van der Waals surface area contributed by atoms with E-state index >= 15 is 0 Å². The number of ether oxygens (including phenoxy) is 1. The van der Waals surface area contributed by atoms with Crippen LogP contribution in [0.25, 0.3) is 5.69 Å². The number of nitrogens with zero attached hydrogens (tertiary/aromatic N) is 4. The van der Waals surface area contributed by atoms with Gasteiger partial charge >= 0.3 is 51.4 Å². The van der Waals surface area contributed by atoms with Gasteiger partial charge in [0.25, 0.3) is 10.1 Å². The van der Waals surface area contributed by atoms with Crippen LogP contribution in [0, 0.1) is 0 Å². The van der Waals surface area contributed by atoms with Crippen molar-refractivity contribution in [2.75, 3.05) is 12.4 Å². The maximum absolute atomic E-state index is 13.0. The summed E-state index contributed by atoms with van der Waals surface area (Å²) in [6, 6.07) is 13.4. The number of hydrogen-bond acceptors (Lipinski definition) is 8. The predicted molar refractivity (Wildman–Crippen MR) is 173 cm³/mol. The van der Waals surface area contributed by atoms with Gasteiger partial charge in [-0.2, -0.15) is 13.1 Å². The van der Waals surface area contributed by atoms with Gasteiger partial charge in [-0.05, 0) is 41.1 Å². The van der Waals surface area contributed by atoms with Crippen LogP contribution >= 0.6 is 11.8 Å². The summed E-state index contributed by atoms with van der Waals surface area (Å²) in [5.74, 6) is -0.294. The molecule has 3 aromatic rings. The molecular weight excluding hydrogens is 612 g/mol. The third-order valence-electron chi connectivity index (χ3n) is 7.07. The van der Waals surface area contributed by atoms with E-state index < -0.39 is 20.8 Å². The number of carbonyl (C=O) groups is 1. The van der Waals surface area contributed by atoms with E-state index in [2.05, 4.69) is 22.4 Å². The number of thioether (sulfide) groups is 1. The summed E-state index contributed by atoms with van der Waals surface area (Å²) in [5.41, 5.74) is 0.629. The molecule has 9 nitrogen and oxygen atoms in total. The summed E-state index contributed by atoms with van der Waals surface area (Å²) in [4.78, 5) is 12.5. The molecule has 0 spiro atoms. The molecule has 43 heavy (non-hydrogen) atoms. The minimum atomic E-state index is -4.64. The molecule has 12 heteroatoms. The van der Waals surface area contributed by atoms with Gasteiger partial charge in [0, 0.05) is 11.6 Å². The summed E-state index contributed by atoms with van der Waals surface area (Å²) < 4.78 is 41.3. The van der Waals surface area contributed by atoms with Crippen LogP contribution in [0.5, 0.6) is 5.75 Å². The minimum absolute atomic E-state index is 0. The Morgan fingerprint density at radius 1 is 0.860 bits per heavy atom. The zero-order valence-corrected chi connectivity index (χ0v) is 26.3. The predicted octanol–water partition coefficient (Wildman–Crippen LogP) is 7.10. The molecule has 0 bridgehead atoms. The fraction of sp³-hybridized carbons (Fsp3) is 0.548. The van der Waals surface area contributed by atoms with Crippen LogP contribution in [0.15, 0.2) is 58.6 Å². The van der Waals surface area contributed by atoms with Crippen LogP contribution in [-0.4, -0.2) is 103 Å². The quantitative estimate of drug-likeness (QED) is 0.0397. The number of para-hydroxylation sites is 1. The van der Waals surface area contributed by atoms with Gasteiger partial charge in [0.15, 0.2) is 5.78 Å². The zero-order valence-electron chi connectivity index (χ0n) is 24.6. The number of unbranched alkanes of at least 4 members (excludes halogenated alkanes) is 13. The van der Waals surface area contributed by atoms with Crippen LogP contribution in [0.3, 0.4) is 0 Å². The number of carbonyl (C=O) groups excluding carboxylic acids is 1. The Morgan fingerprint density at radius 3 is 2.02 bits per heavy atom. The second-order valence-electron chi connectivity index (χ2n) is 10.5. The number of rotatable bonds is 22. The number of tetrazole rings is 1. The second kappa shape index (κ2) is 21.6. The molecule has 0 saturated heterocycles. The van der Waals surface area contributed by atoms with E-state index in [1.165, 1.54) is 87.4 Å². The van der Waals surface area contributed by atoms with Crippen LogP contribution in [0.4, 0.5) is 0 Å². The van der Waals surface area contributed by atoms with Crippen molar-refractivity contribution in [1.29, 1.82) is 0 Å². The monoisotopic (exact) mass is 656 g/mol. The van der Waals surface area contributed by atoms with Crippen LogP contribution in [-0.2, 0) is 10.1 Å². The van der Waals surface area contributed by atoms with Gasteiger partial charge < -0.3 is 4.74 Å². The van der Waals surface area contributed by atoms with Crippen molar-refractivity contribution in [2.45, 2.75) is 107 Å². The number of ketones is 1. The van der Waals surface area contributed by atoms with Crippen LogP contribution < -0.4 is 4.74 Å². The van der Waals surface area contributed by atoms with Gasteiger partial charge in [0.05, 0.1) is 18.0 Å². The van der Waals surface area contributed by atoms with Gasteiger partial charge in [-0.3, -0.25) is 9.35 Å². The van der Waals surface area contributed by atoms with Crippen molar-refractivity contribution in [1.82, 2.24) is 20.2 Å². The molecule has 0 aliphatic rings. The van der Waals surface area contributed by atoms with Gasteiger partial charge in [-0.1, -0.05) is 120 Å². The Kier molecular flexibility index (Phi) is 19.1. The Hall–Kier alpha value is -1.12. The fourth-order valence-corrected chi connectivity index (χ4v) is 6.23. The fourth-order valence-electron chi connectivity index (χ4n) is 4.73. The molecule has 232 valence electrons. The second-order valence-corrected chi connectivity index (χ2v) is 12.8. The zero-order chi connectivity index (χ0) is 30.0. The Morgan fingerprint density at radius 2 is 1.44 bits per heavy atom. The standard InChI is InChI=1S/C31H44N4O5S2.K.H/c1-2-3-4-5-6-7-8-9-10-11-12-13-14-18-23-40-27-21-22-28(30(24-27)42(37,38)39)29(36)25-41-31-32-33-34-35(31)26-19-16-15-17-20-26;;/h15-17,19-22,24H,2-14,18,23,25H2,1H3,(H,37,38,39);;. The van der Waals surface area contributed by atoms with E-state index in [1.807, 2.05) is 30.3 Å². The normalized spacial score (nSPS) is 11.3. The summed E-state index contributed by atoms with van der Waals surface area (Å²) in [6.07, 6.45) is 17.7. The summed E-state index contributed by atoms with van der Waals surface area (Å²) in [7, 11) is -4.64.